The van der Waals surface area contributed by atoms with Crippen LogP contribution in [0.25, 0.3) is 0 Å². The first-order valence-corrected chi connectivity index (χ1v) is 5.20. The van der Waals surface area contributed by atoms with Gasteiger partial charge in [0, 0.05) is 23.1 Å². The zero-order valence-electron chi connectivity index (χ0n) is 6.89. The predicted molar refractivity (Wildman–Crippen MR) is 42.3 cm³/mol. The molecule has 0 saturated heterocycles. The number of hydrogen-bond acceptors (Lipinski definition) is 3. The van der Waals surface area contributed by atoms with Crippen LogP contribution in [0.5, 0.6) is 0 Å². The van der Waals surface area contributed by atoms with Crippen molar-refractivity contribution in [2.75, 3.05) is 13.4 Å². The van der Waals surface area contributed by atoms with E-state index in [1.807, 2.05) is 0 Å². The zero-order valence-corrected chi connectivity index (χ0v) is 7.71. The maximum Gasteiger partial charge on any atom is 0.346 e. The maximum atomic E-state index is 11.1. The standard InChI is InChI=1S/C7H10NO3S/c1-11-8-6-4-3-5-7(8)12(2,9)10/h3-6H,1-2H3/q+1. The van der Waals surface area contributed by atoms with Crippen LogP contribution in [-0.2, 0) is 9.84 Å². The Morgan fingerprint density at radius 3 is 2.50 bits per heavy atom. The fraction of sp³-hybridized carbons (Fsp3) is 0.286. The fourth-order valence-corrected chi connectivity index (χ4v) is 1.64. The molecule has 66 valence electrons. The second kappa shape index (κ2) is 3.10. The molecular formula is C7H10NO3S+. The molecule has 0 N–H and O–H groups in total. The van der Waals surface area contributed by atoms with Crippen LogP contribution in [0.3, 0.4) is 0 Å². The number of rotatable bonds is 2. The zero-order chi connectivity index (χ0) is 9.19. The Hall–Kier alpha value is -1.10. The van der Waals surface area contributed by atoms with E-state index in [0.29, 0.717) is 0 Å². The van der Waals surface area contributed by atoms with Crippen LogP contribution < -0.4 is 9.57 Å². The summed E-state index contributed by atoms with van der Waals surface area (Å²) >= 11 is 0. The Balaban J connectivity index is 3.33. The minimum atomic E-state index is -3.21. The van der Waals surface area contributed by atoms with Gasteiger partial charge in [-0.25, -0.2) is 8.42 Å². The fourth-order valence-electron chi connectivity index (χ4n) is 0.851. The van der Waals surface area contributed by atoms with Crippen LogP contribution >= 0.6 is 0 Å². The third kappa shape index (κ3) is 1.73. The monoisotopic (exact) mass is 188 g/mol. The Morgan fingerprint density at radius 1 is 1.42 bits per heavy atom. The summed E-state index contributed by atoms with van der Waals surface area (Å²) in [5.41, 5.74) is 0. The van der Waals surface area contributed by atoms with Crippen LogP contribution in [0.2, 0.25) is 0 Å². The van der Waals surface area contributed by atoms with Crippen LogP contribution in [0.4, 0.5) is 0 Å². The average molecular weight is 188 g/mol. The number of sulfone groups is 1. The van der Waals surface area contributed by atoms with Crippen molar-refractivity contribution >= 4 is 9.84 Å². The van der Waals surface area contributed by atoms with Gasteiger partial charge in [-0.3, -0.25) is 4.84 Å². The third-order valence-electron chi connectivity index (χ3n) is 1.37. The number of hydrogen-bond donors (Lipinski definition) is 0. The molecule has 0 radical (unpaired) electrons. The lowest BCUT2D eigenvalue weighted by Crippen LogP contribution is -2.44. The van der Waals surface area contributed by atoms with E-state index in [0.717, 1.165) is 6.26 Å². The van der Waals surface area contributed by atoms with Crippen molar-refractivity contribution in [1.29, 1.82) is 0 Å². The van der Waals surface area contributed by atoms with Gasteiger partial charge in [0.25, 0.3) is 0 Å². The Labute approximate surface area is 71.3 Å². The molecule has 1 aromatic heterocycles. The van der Waals surface area contributed by atoms with Crippen molar-refractivity contribution in [3.8, 4) is 0 Å². The molecule has 0 aromatic carbocycles. The lowest BCUT2D eigenvalue weighted by molar-refractivity contribution is -0.914. The highest BCUT2D eigenvalue weighted by molar-refractivity contribution is 7.90. The highest BCUT2D eigenvalue weighted by atomic mass is 32.2. The van der Waals surface area contributed by atoms with Crippen molar-refractivity contribution in [1.82, 2.24) is 0 Å². The first kappa shape index (κ1) is 8.99. The Bertz CT molecular complexity index is 372. The normalized spacial score (nSPS) is 11.2. The Morgan fingerprint density at radius 2 is 2.08 bits per heavy atom. The third-order valence-corrected chi connectivity index (χ3v) is 2.44. The van der Waals surface area contributed by atoms with Gasteiger partial charge in [0.1, 0.15) is 7.11 Å². The van der Waals surface area contributed by atoms with Gasteiger partial charge in [0.2, 0.25) is 16.0 Å². The molecule has 0 atom stereocenters. The average Bonchev–Trinajstić information content (AvgIpc) is 2.03. The van der Waals surface area contributed by atoms with E-state index in [1.54, 1.807) is 12.1 Å². The molecule has 1 rings (SSSR count). The summed E-state index contributed by atoms with van der Waals surface area (Å²) in [7, 11) is -1.80. The van der Waals surface area contributed by atoms with Crippen LogP contribution in [0.15, 0.2) is 29.4 Å². The molecule has 0 saturated carbocycles. The molecule has 12 heavy (non-hydrogen) atoms. The van der Waals surface area contributed by atoms with E-state index in [-0.39, 0.29) is 5.03 Å². The number of pyridine rings is 1. The first-order valence-electron chi connectivity index (χ1n) is 3.31. The smallest absolute Gasteiger partial charge is 0.273 e. The maximum absolute atomic E-state index is 11.1. The minimum Gasteiger partial charge on any atom is -0.273 e. The molecule has 0 aliphatic heterocycles. The summed E-state index contributed by atoms with van der Waals surface area (Å²) < 4.78 is 23.4. The second-order valence-electron chi connectivity index (χ2n) is 2.32. The molecule has 0 aliphatic rings. The minimum absolute atomic E-state index is 0.146. The van der Waals surface area contributed by atoms with Gasteiger partial charge in [0.15, 0.2) is 0 Å². The van der Waals surface area contributed by atoms with Crippen molar-refractivity contribution in [3.05, 3.63) is 24.4 Å². The number of aromatic nitrogens is 1. The van der Waals surface area contributed by atoms with Gasteiger partial charge < -0.3 is 0 Å². The summed E-state index contributed by atoms with van der Waals surface area (Å²) in [6.07, 6.45) is 2.67. The second-order valence-corrected chi connectivity index (χ2v) is 4.28. The summed E-state index contributed by atoms with van der Waals surface area (Å²) in [5, 5.41) is 0.146. The first-order chi connectivity index (χ1) is 5.55. The van der Waals surface area contributed by atoms with Crippen molar-refractivity contribution in [2.45, 2.75) is 5.03 Å². The molecule has 1 aromatic rings. The van der Waals surface area contributed by atoms with E-state index in [4.69, 9.17) is 4.84 Å². The molecule has 0 spiro atoms. The lowest BCUT2D eigenvalue weighted by Gasteiger charge is -1.95. The van der Waals surface area contributed by atoms with E-state index in [1.165, 1.54) is 24.1 Å². The van der Waals surface area contributed by atoms with E-state index < -0.39 is 9.84 Å². The van der Waals surface area contributed by atoms with Gasteiger partial charge in [-0.05, 0) is 6.07 Å². The summed E-state index contributed by atoms with van der Waals surface area (Å²) in [6.45, 7) is 0. The molecular weight excluding hydrogens is 178 g/mol. The largest absolute Gasteiger partial charge is 0.346 e. The van der Waals surface area contributed by atoms with Crippen molar-refractivity contribution in [3.63, 3.8) is 0 Å². The lowest BCUT2D eigenvalue weighted by atomic mass is 10.5. The predicted octanol–water partition coefficient (Wildman–Crippen LogP) is -0.564. The van der Waals surface area contributed by atoms with E-state index >= 15 is 0 Å². The summed E-state index contributed by atoms with van der Waals surface area (Å²) in [6, 6.07) is 4.82. The quantitative estimate of drug-likeness (QED) is 0.584. The molecule has 4 nitrogen and oxygen atoms in total. The van der Waals surface area contributed by atoms with Crippen LogP contribution in [0.1, 0.15) is 0 Å². The molecule has 5 heteroatoms. The SMILES string of the molecule is CO[n+]1ccccc1S(C)(=O)=O. The van der Waals surface area contributed by atoms with Crippen LogP contribution in [-0.4, -0.2) is 21.8 Å². The van der Waals surface area contributed by atoms with Gasteiger partial charge >= 0.3 is 5.03 Å². The van der Waals surface area contributed by atoms with Crippen molar-refractivity contribution < 1.29 is 18.0 Å². The summed E-state index contributed by atoms with van der Waals surface area (Å²) in [5.74, 6) is 0. The van der Waals surface area contributed by atoms with Crippen molar-refractivity contribution in [2.24, 2.45) is 0 Å². The van der Waals surface area contributed by atoms with Gasteiger partial charge in [0.05, 0.1) is 0 Å². The molecule has 1 heterocycles. The molecule has 0 unspecified atom stereocenters. The Kier molecular flexibility index (Phi) is 2.32. The highest BCUT2D eigenvalue weighted by Gasteiger charge is 2.21. The van der Waals surface area contributed by atoms with E-state index in [2.05, 4.69) is 0 Å². The molecule has 0 bridgehead atoms. The molecule has 0 amide bonds. The highest BCUT2D eigenvalue weighted by Crippen LogP contribution is 1.99. The van der Waals surface area contributed by atoms with Crippen LogP contribution in [0, 0.1) is 0 Å². The topological polar surface area (TPSA) is 47.2 Å². The van der Waals surface area contributed by atoms with Gasteiger partial charge in [-0.1, -0.05) is 0 Å². The van der Waals surface area contributed by atoms with Gasteiger partial charge in [-0.2, -0.15) is 0 Å². The molecule has 0 aliphatic carbocycles. The number of nitrogens with zero attached hydrogens (tertiary/aromatic N) is 1. The summed E-state index contributed by atoms with van der Waals surface area (Å²) in [4.78, 5) is 4.81. The van der Waals surface area contributed by atoms with E-state index in [9.17, 15) is 8.42 Å². The van der Waals surface area contributed by atoms with Gasteiger partial charge in [-0.15, -0.1) is 0 Å². The molecule has 0 fully saturated rings.